The van der Waals surface area contributed by atoms with Crippen molar-refractivity contribution in [2.75, 3.05) is 11.3 Å². The Bertz CT molecular complexity index is 807. The molecule has 0 aliphatic rings. The van der Waals surface area contributed by atoms with Crippen LogP contribution in [0.1, 0.15) is 30.1 Å². The molecule has 0 saturated carbocycles. The Morgan fingerprint density at radius 2 is 1.84 bits per heavy atom. The second-order valence-electron chi connectivity index (χ2n) is 5.65. The maximum atomic E-state index is 12.3. The van der Waals surface area contributed by atoms with Gasteiger partial charge in [0.2, 0.25) is 0 Å². The summed E-state index contributed by atoms with van der Waals surface area (Å²) >= 11 is 0. The van der Waals surface area contributed by atoms with Crippen molar-refractivity contribution in [3.05, 3.63) is 60.2 Å². The van der Waals surface area contributed by atoms with Gasteiger partial charge in [0, 0.05) is 17.8 Å². The van der Waals surface area contributed by atoms with Gasteiger partial charge in [-0.2, -0.15) is 0 Å². The number of aliphatic hydroxyl groups excluding tert-OH is 1. The summed E-state index contributed by atoms with van der Waals surface area (Å²) in [7, 11) is -3.71. The molecule has 0 aliphatic carbocycles. The molecule has 0 aliphatic heterocycles. The summed E-state index contributed by atoms with van der Waals surface area (Å²) in [6.45, 7) is 2.11. The summed E-state index contributed by atoms with van der Waals surface area (Å²) in [5.74, 6) is -0.365. The Kier molecular flexibility index (Phi) is 6.55. The third kappa shape index (κ3) is 5.58. The minimum atomic E-state index is -3.71. The summed E-state index contributed by atoms with van der Waals surface area (Å²) in [5, 5.41) is 12.3. The molecule has 6 nitrogen and oxygen atoms in total. The van der Waals surface area contributed by atoms with Crippen molar-refractivity contribution in [2.24, 2.45) is 0 Å². The molecule has 7 heteroatoms. The van der Waals surface area contributed by atoms with E-state index in [1.54, 1.807) is 36.4 Å². The number of anilines is 1. The van der Waals surface area contributed by atoms with Crippen LogP contribution in [0.3, 0.4) is 0 Å². The molecule has 1 atom stereocenters. The number of benzene rings is 2. The van der Waals surface area contributed by atoms with Crippen molar-refractivity contribution in [3.8, 4) is 0 Å². The minimum Gasteiger partial charge on any atom is -0.391 e. The largest absolute Gasteiger partial charge is 0.391 e. The quantitative estimate of drug-likeness (QED) is 0.672. The molecule has 1 amide bonds. The molecule has 0 aromatic heterocycles. The molecule has 25 heavy (non-hydrogen) atoms. The van der Waals surface area contributed by atoms with Gasteiger partial charge in [-0.25, -0.2) is 8.42 Å². The number of aliphatic hydroxyl groups is 1. The van der Waals surface area contributed by atoms with Gasteiger partial charge in [0.1, 0.15) is 0 Å². The van der Waals surface area contributed by atoms with Crippen LogP contribution in [0.2, 0.25) is 0 Å². The summed E-state index contributed by atoms with van der Waals surface area (Å²) in [4.78, 5) is 12.3. The van der Waals surface area contributed by atoms with Crippen LogP contribution in [0, 0.1) is 0 Å². The monoisotopic (exact) mass is 362 g/mol. The molecule has 2 rings (SSSR count). The first-order valence-electron chi connectivity index (χ1n) is 8.06. The average Bonchev–Trinajstić information content (AvgIpc) is 2.60. The number of amides is 1. The Morgan fingerprint density at radius 1 is 1.12 bits per heavy atom. The predicted octanol–water partition coefficient (Wildman–Crippen LogP) is 2.38. The highest BCUT2D eigenvalue weighted by atomic mass is 32.2. The normalized spacial score (nSPS) is 12.4. The lowest BCUT2D eigenvalue weighted by Crippen LogP contribution is -2.32. The molecule has 0 bridgehead atoms. The molecule has 0 unspecified atom stereocenters. The van der Waals surface area contributed by atoms with Gasteiger partial charge in [0.25, 0.3) is 15.9 Å². The zero-order valence-electron chi connectivity index (χ0n) is 14.0. The fraction of sp³-hybridized carbons (Fsp3) is 0.278. The van der Waals surface area contributed by atoms with Crippen molar-refractivity contribution in [3.63, 3.8) is 0 Å². The lowest BCUT2D eigenvalue weighted by Gasteiger charge is -2.12. The lowest BCUT2D eigenvalue weighted by atomic mass is 10.1. The Hall–Kier alpha value is -2.38. The van der Waals surface area contributed by atoms with Crippen LogP contribution in [0.4, 0.5) is 5.69 Å². The Morgan fingerprint density at radius 3 is 2.52 bits per heavy atom. The smallest absolute Gasteiger partial charge is 0.261 e. The summed E-state index contributed by atoms with van der Waals surface area (Å²) in [5.41, 5.74) is 0.613. The topological polar surface area (TPSA) is 95.5 Å². The standard InChI is InChI=1S/C18H22N2O4S/c1-2-7-16(21)13-19-18(22)14-8-6-9-15(12-14)20-25(23,24)17-10-4-3-5-11-17/h3-6,8-12,16,20-21H,2,7,13H2,1H3,(H,19,22)/t16-/m0/s1. The van der Waals surface area contributed by atoms with Crippen molar-refractivity contribution in [1.82, 2.24) is 5.32 Å². The number of hydrogen-bond donors (Lipinski definition) is 3. The van der Waals surface area contributed by atoms with E-state index >= 15 is 0 Å². The van der Waals surface area contributed by atoms with Crippen molar-refractivity contribution >= 4 is 21.6 Å². The highest BCUT2D eigenvalue weighted by Gasteiger charge is 2.15. The van der Waals surface area contributed by atoms with Crippen LogP contribution in [-0.2, 0) is 10.0 Å². The van der Waals surface area contributed by atoms with E-state index in [1.807, 2.05) is 6.92 Å². The van der Waals surface area contributed by atoms with Crippen LogP contribution >= 0.6 is 0 Å². The van der Waals surface area contributed by atoms with Crippen molar-refractivity contribution in [1.29, 1.82) is 0 Å². The van der Waals surface area contributed by atoms with Crippen molar-refractivity contribution in [2.45, 2.75) is 30.8 Å². The number of nitrogens with one attached hydrogen (secondary N) is 2. The van der Waals surface area contributed by atoms with Gasteiger partial charge >= 0.3 is 0 Å². The van der Waals surface area contributed by atoms with Crippen LogP contribution in [0.5, 0.6) is 0 Å². The SMILES string of the molecule is CCC[C@H](O)CNC(=O)c1cccc(NS(=O)(=O)c2ccccc2)c1. The first-order chi connectivity index (χ1) is 11.9. The third-order valence-corrected chi connectivity index (χ3v) is 4.95. The summed E-state index contributed by atoms with van der Waals surface area (Å²) in [6, 6.07) is 14.2. The average molecular weight is 362 g/mol. The maximum Gasteiger partial charge on any atom is 0.261 e. The summed E-state index contributed by atoms with van der Waals surface area (Å²) < 4.78 is 27.1. The lowest BCUT2D eigenvalue weighted by molar-refractivity contribution is 0.0910. The summed E-state index contributed by atoms with van der Waals surface area (Å²) in [6.07, 6.45) is 0.846. The van der Waals surface area contributed by atoms with E-state index in [-0.39, 0.29) is 17.3 Å². The molecular weight excluding hydrogens is 340 g/mol. The third-order valence-electron chi connectivity index (χ3n) is 3.55. The number of hydrogen-bond acceptors (Lipinski definition) is 4. The fourth-order valence-electron chi connectivity index (χ4n) is 2.29. The second kappa shape index (κ2) is 8.64. The molecule has 0 heterocycles. The van der Waals surface area contributed by atoms with Gasteiger partial charge in [-0.1, -0.05) is 37.6 Å². The molecule has 134 valence electrons. The zero-order valence-corrected chi connectivity index (χ0v) is 14.8. The molecule has 0 saturated heterocycles. The fourth-order valence-corrected chi connectivity index (χ4v) is 3.36. The molecular formula is C18H22N2O4S. The number of sulfonamides is 1. The maximum absolute atomic E-state index is 12.3. The molecule has 0 radical (unpaired) electrons. The predicted molar refractivity (Wildman–Crippen MR) is 96.9 cm³/mol. The van der Waals surface area contributed by atoms with Gasteiger partial charge in [-0.3, -0.25) is 9.52 Å². The number of carbonyl (C=O) groups excluding carboxylic acids is 1. The number of carbonyl (C=O) groups is 1. The first kappa shape index (κ1) is 19.0. The molecule has 0 spiro atoms. The first-order valence-corrected chi connectivity index (χ1v) is 9.55. The van der Waals surface area contributed by atoms with E-state index in [0.29, 0.717) is 17.7 Å². The van der Waals surface area contributed by atoms with E-state index < -0.39 is 16.1 Å². The van der Waals surface area contributed by atoms with E-state index in [2.05, 4.69) is 10.0 Å². The van der Waals surface area contributed by atoms with Gasteiger partial charge in [-0.05, 0) is 36.8 Å². The van der Waals surface area contributed by atoms with E-state index in [9.17, 15) is 18.3 Å². The van der Waals surface area contributed by atoms with Gasteiger partial charge < -0.3 is 10.4 Å². The molecule has 2 aromatic carbocycles. The van der Waals surface area contributed by atoms with Crippen LogP contribution < -0.4 is 10.0 Å². The van der Waals surface area contributed by atoms with E-state index in [4.69, 9.17) is 0 Å². The van der Waals surface area contributed by atoms with Gasteiger partial charge in [-0.15, -0.1) is 0 Å². The Balaban J connectivity index is 2.07. The van der Waals surface area contributed by atoms with Crippen LogP contribution in [0.25, 0.3) is 0 Å². The highest BCUT2D eigenvalue weighted by Crippen LogP contribution is 2.17. The zero-order chi connectivity index (χ0) is 18.3. The molecule has 3 N–H and O–H groups in total. The van der Waals surface area contributed by atoms with Gasteiger partial charge in [0.15, 0.2) is 0 Å². The Labute approximate surface area is 147 Å². The van der Waals surface area contributed by atoms with Crippen LogP contribution in [-0.4, -0.2) is 32.1 Å². The highest BCUT2D eigenvalue weighted by molar-refractivity contribution is 7.92. The molecule has 0 fully saturated rings. The van der Waals surface area contributed by atoms with Gasteiger partial charge in [0.05, 0.1) is 11.0 Å². The van der Waals surface area contributed by atoms with Crippen molar-refractivity contribution < 1.29 is 18.3 Å². The van der Waals surface area contributed by atoms with Crippen LogP contribution in [0.15, 0.2) is 59.5 Å². The molecule has 2 aromatic rings. The minimum absolute atomic E-state index is 0.146. The second-order valence-corrected chi connectivity index (χ2v) is 7.33. The van der Waals surface area contributed by atoms with E-state index in [0.717, 1.165) is 6.42 Å². The van der Waals surface area contributed by atoms with E-state index in [1.165, 1.54) is 18.2 Å². The number of rotatable bonds is 8.